The van der Waals surface area contributed by atoms with Crippen LogP contribution in [-0.2, 0) is 9.53 Å². The second-order valence-electron chi connectivity index (χ2n) is 6.35. The summed E-state index contributed by atoms with van der Waals surface area (Å²) >= 11 is 5.17. The van der Waals surface area contributed by atoms with Gasteiger partial charge in [0.2, 0.25) is 0 Å². The van der Waals surface area contributed by atoms with Gasteiger partial charge in [0.05, 0.1) is 25.3 Å². The second-order valence-corrected chi connectivity index (χ2v) is 6.76. The lowest BCUT2D eigenvalue weighted by Gasteiger charge is -2.30. The van der Waals surface area contributed by atoms with Crippen LogP contribution in [0.3, 0.4) is 0 Å². The zero-order valence-corrected chi connectivity index (χ0v) is 16.3. The molecule has 1 aromatic carbocycles. The number of esters is 1. The van der Waals surface area contributed by atoms with Crippen LogP contribution >= 0.6 is 12.2 Å². The van der Waals surface area contributed by atoms with Gasteiger partial charge < -0.3 is 24.8 Å². The maximum atomic E-state index is 12.7. The summed E-state index contributed by atoms with van der Waals surface area (Å²) in [5, 5.41) is 6.18. The highest BCUT2D eigenvalue weighted by atomic mass is 32.1. The number of rotatable bonds is 7. The summed E-state index contributed by atoms with van der Waals surface area (Å²) in [7, 11) is 1.35. The Morgan fingerprint density at radius 2 is 2.00 bits per heavy atom. The first kappa shape index (κ1) is 20.9. The SMILES string of the molecule is COc1ccc(C2NC(=S)NC(C)=C2C(=O)OCC(C)C)cc1OC(F)F. The van der Waals surface area contributed by atoms with Gasteiger partial charge in [-0.25, -0.2) is 4.79 Å². The summed E-state index contributed by atoms with van der Waals surface area (Å²) in [6.45, 7) is 2.80. The highest BCUT2D eigenvalue weighted by Gasteiger charge is 2.32. The van der Waals surface area contributed by atoms with Crippen LogP contribution in [0.25, 0.3) is 0 Å². The number of methoxy groups -OCH3 is 1. The molecular formula is C18H22F2N2O4S. The lowest BCUT2D eigenvalue weighted by atomic mass is 9.95. The van der Waals surface area contributed by atoms with Crippen LogP contribution in [0.2, 0.25) is 0 Å². The molecule has 0 aliphatic carbocycles. The molecule has 0 saturated heterocycles. The Kier molecular flexibility index (Phi) is 6.95. The highest BCUT2D eigenvalue weighted by molar-refractivity contribution is 7.80. The first-order valence-electron chi connectivity index (χ1n) is 8.31. The van der Waals surface area contributed by atoms with Crippen molar-refractivity contribution in [2.45, 2.75) is 33.4 Å². The smallest absolute Gasteiger partial charge is 0.387 e. The lowest BCUT2D eigenvalue weighted by molar-refractivity contribution is -0.140. The molecule has 0 radical (unpaired) electrons. The molecule has 2 rings (SSSR count). The predicted octanol–water partition coefficient (Wildman–Crippen LogP) is 3.29. The molecule has 9 heteroatoms. The fraction of sp³-hybridized carbons (Fsp3) is 0.444. The fourth-order valence-corrected chi connectivity index (χ4v) is 2.87. The standard InChI is InChI=1S/C18H22F2N2O4S/c1-9(2)8-25-16(23)14-10(3)21-18(27)22-15(14)11-5-6-12(24-4)13(7-11)26-17(19)20/h5-7,9,15,17H,8H2,1-4H3,(H2,21,22,27). The van der Waals surface area contributed by atoms with Crippen molar-refractivity contribution < 1.29 is 27.8 Å². The summed E-state index contributed by atoms with van der Waals surface area (Å²) in [4.78, 5) is 12.6. The summed E-state index contributed by atoms with van der Waals surface area (Å²) < 4.78 is 40.3. The molecule has 27 heavy (non-hydrogen) atoms. The first-order valence-corrected chi connectivity index (χ1v) is 8.71. The summed E-state index contributed by atoms with van der Waals surface area (Å²) in [6, 6.07) is 3.85. The third-order valence-electron chi connectivity index (χ3n) is 3.77. The van der Waals surface area contributed by atoms with Gasteiger partial charge in [0.1, 0.15) is 0 Å². The number of hydrogen-bond acceptors (Lipinski definition) is 5. The molecule has 0 spiro atoms. The summed E-state index contributed by atoms with van der Waals surface area (Å²) in [6.07, 6.45) is 0. The molecule has 1 aliphatic heterocycles. The Morgan fingerprint density at radius 1 is 1.30 bits per heavy atom. The van der Waals surface area contributed by atoms with Crippen LogP contribution in [0.1, 0.15) is 32.4 Å². The first-order chi connectivity index (χ1) is 12.7. The quantitative estimate of drug-likeness (QED) is 0.538. The highest BCUT2D eigenvalue weighted by Crippen LogP contribution is 2.35. The molecule has 2 N–H and O–H groups in total. The number of benzene rings is 1. The molecule has 0 aromatic heterocycles. The van der Waals surface area contributed by atoms with E-state index in [-0.39, 0.29) is 24.0 Å². The molecular weight excluding hydrogens is 378 g/mol. The fourth-order valence-electron chi connectivity index (χ4n) is 2.60. The van der Waals surface area contributed by atoms with Crippen molar-refractivity contribution in [2.75, 3.05) is 13.7 Å². The zero-order chi connectivity index (χ0) is 20.1. The molecule has 1 unspecified atom stereocenters. The Bertz CT molecular complexity index is 753. The normalized spacial score (nSPS) is 16.9. The minimum atomic E-state index is -3.01. The Labute approximate surface area is 161 Å². The number of nitrogens with one attached hydrogen (secondary N) is 2. The van der Waals surface area contributed by atoms with Gasteiger partial charge in [0.15, 0.2) is 16.6 Å². The van der Waals surface area contributed by atoms with E-state index in [1.54, 1.807) is 13.0 Å². The van der Waals surface area contributed by atoms with Crippen molar-refractivity contribution in [3.8, 4) is 11.5 Å². The maximum Gasteiger partial charge on any atom is 0.387 e. The van der Waals surface area contributed by atoms with Crippen LogP contribution in [0.4, 0.5) is 8.78 Å². The van der Waals surface area contributed by atoms with Gasteiger partial charge in [-0.1, -0.05) is 19.9 Å². The molecule has 0 fully saturated rings. The van der Waals surface area contributed by atoms with Gasteiger partial charge in [-0.3, -0.25) is 0 Å². The molecule has 0 bridgehead atoms. The van der Waals surface area contributed by atoms with Crippen LogP contribution < -0.4 is 20.1 Å². The number of thiocarbonyl (C=S) groups is 1. The van der Waals surface area contributed by atoms with Crippen molar-refractivity contribution in [3.63, 3.8) is 0 Å². The van der Waals surface area contributed by atoms with Crippen LogP contribution in [0.15, 0.2) is 29.5 Å². The van der Waals surface area contributed by atoms with Crippen LogP contribution in [0, 0.1) is 5.92 Å². The maximum absolute atomic E-state index is 12.7. The molecule has 1 heterocycles. The van der Waals surface area contributed by atoms with Gasteiger partial charge in [-0.05, 0) is 42.8 Å². The molecule has 148 valence electrons. The van der Waals surface area contributed by atoms with Gasteiger partial charge >= 0.3 is 12.6 Å². The molecule has 1 aliphatic rings. The number of halogens is 2. The van der Waals surface area contributed by atoms with Crippen molar-refractivity contribution >= 4 is 23.3 Å². The molecule has 1 aromatic rings. The number of carbonyl (C=O) groups is 1. The van der Waals surface area contributed by atoms with E-state index in [2.05, 4.69) is 15.4 Å². The van der Waals surface area contributed by atoms with Crippen molar-refractivity contribution in [3.05, 3.63) is 35.0 Å². The number of carbonyl (C=O) groups excluding carboxylic acids is 1. The van der Waals surface area contributed by atoms with E-state index in [0.29, 0.717) is 21.9 Å². The van der Waals surface area contributed by atoms with E-state index >= 15 is 0 Å². The summed E-state index contributed by atoms with van der Waals surface area (Å²) in [5.41, 5.74) is 1.35. The molecule has 0 amide bonds. The van der Waals surface area contributed by atoms with Gasteiger partial charge in [-0.2, -0.15) is 8.78 Å². The number of hydrogen-bond donors (Lipinski definition) is 2. The second kappa shape index (κ2) is 8.98. The Balaban J connectivity index is 2.42. The third-order valence-corrected chi connectivity index (χ3v) is 3.99. The largest absolute Gasteiger partial charge is 0.493 e. The number of allylic oxidation sites excluding steroid dienone is 1. The van der Waals surface area contributed by atoms with Crippen molar-refractivity contribution in [1.29, 1.82) is 0 Å². The van der Waals surface area contributed by atoms with E-state index in [0.717, 1.165) is 0 Å². The van der Waals surface area contributed by atoms with Gasteiger partial charge in [-0.15, -0.1) is 0 Å². The zero-order valence-electron chi connectivity index (χ0n) is 15.5. The van der Waals surface area contributed by atoms with E-state index in [9.17, 15) is 13.6 Å². The Hall–Kier alpha value is -2.42. The van der Waals surface area contributed by atoms with Crippen LogP contribution in [-0.4, -0.2) is 31.4 Å². The molecule has 1 atom stereocenters. The lowest BCUT2D eigenvalue weighted by Crippen LogP contribution is -2.45. The monoisotopic (exact) mass is 400 g/mol. The van der Waals surface area contributed by atoms with Crippen molar-refractivity contribution in [2.24, 2.45) is 5.92 Å². The van der Waals surface area contributed by atoms with Crippen molar-refractivity contribution in [1.82, 2.24) is 10.6 Å². The minimum Gasteiger partial charge on any atom is -0.493 e. The average molecular weight is 400 g/mol. The van der Waals surface area contributed by atoms with Gasteiger partial charge in [0, 0.05) is 5.70 Å². The minimum absolute atomic E-state index is 0.135. The van der Waals surface area contributed by atoms with E-state index in [1.165, 1.54) is 19.2 Å². The number of ether oxygens (including phenoxy) is 3. The molecule has 6 nitrogen and oxygen atoms in total. The predicted molar refractivity (Wildman–Crippen MR) is 99.7 cm³/mol. The van der Waals surface area contributed by atoms with E-state index in [1.807, 2.05) is 13.8 Å². The topological polar surface area (TPSA) is 68.8 Å². The van der Waals surface area contributed by atoms with Gasteiger partial charge in [0.25, 0.3) is 0 Å². The Morgan fingerprint density at radius 3 is 2.59 bits per heavy atom. The molecule has 0 saturated carbocycles. The summed E-state index contributed by atoms with van der Waals surface area (Å²) in [5.74, 6) is -0.323. The third kappa shape index (κ3) is 5.29. The van der Waals surface area contributed by atoms with E-state index < -0.39 is 18.6 Å². The number of alkyl halides is 2. The van der Waals surface area contributed by atoms with E-state index in [4.69, 9.17) is 21.7 Å². The van der Waals surface area contributed by atoms with Crippen LogP contribution in [0.5, 0.6) is 11.5 Å². The average Bonchev–Trinajstić information content (AvgIpc) is 2.58.